The van der Waals surface area contributed by atoms with Crippen molar-refractivity contribution in [3.8, 4) is 11.3 Å². The first-order chi connectivity index (χ1) is 10.2. The smallest absolute Gasteiger partial charge is 0.354 e. The van der Waals surface area contributed by atoms with Crippen LogP contribution in [0.5, 0.6) is 0 Å². The van der Waals surface area contributed by atoms with Crippen LogP contribution in [0.1, 0.15) is 13.8 Å². The van der Waals surface area contributed by atoms with Gasteiger partial charge >= 0.3 is 5.97 Å². The third-order valence-corrected chi connectivity index (χ3v) is 2.78. The van der Waals surface area contributed by atoms with Gasteiger partial charge in [-0.05, 0) is 32.0 Å². The van der Waals surface area contributed by atoms with E-state index in [-0.39, 0.29) is 5.71 Å². The van der Waals surface area contributed by atoms with E-state index in [9.17, 15) is 4.79 Å². The average Bonchev–Trinajstić information content (AvgIpc) is 2.54. The van der Waals surface area contributed by atoms with Crippen molar-refractivity contribution >= 4 is 17.4 Å². The topological polar surface area (TPSA) is 63.6 Å². The molecule has 0 unspecified atom stereocenters. The Morgan fingerprint density at radius 3 is 2.71 bits per heavy atom. The first-order valence-corrected chi connectivity index (χ1v) is 6.70. The summed E-state index contributed by atoms with van der Waals surface area (Å²) in [5.74, 6) is -0.430. The molecule has 21 heavy (non-hydrogen) atoms. The fourth-order valence-corrected chi connectivity index (χ4v) is 1.75. The molecule has 2 aromatic rings. The van der Waals surface area contributed by atoms with Gasteiger partial charge in [0.05, 0.1) is 18.0 Å². The highest BCUT2D eigenvalue weighted by Crippen LogP contribution is 2.25. The monoisotopic (exact) mass is 283 g/mol. The first-order valence-electron chi connectivity index (χ1n) is 6.70. The first kappa shape index (κ1) is 14.7. The molecule has 0 radical (unpaired) electrons. The molecule has 0 spiro atoms. The van der Waals surface area contributed by atoms with Crippen LogP contribution < -0.4 is 5.43 Å². The number of hydrazone groups is 1. The molecule has 5 nitrogen and oxygen atoms in total. The van der Waals surface area contributed by atoms with Crippen LogP contribution in [0, 0.1) is 0 Å². The van der Waals surface area contributed by atoms with Crippen molar-refractivity contribution in [2.24, 2.45) is 5.10 Å². The molecule has 0 aliphatic rings. The van der Waals surface area contributed by atoms with Gasteiger partial charge in [-0.3, -0.25) is 10.4 Å². The highest BCUT2D eigenvalue weighted by Gasteiger charge is 2.08. The van der Waals surface area contributed by atoms with E-state index in [0.29, 0.717) is 6.61 Å². The number of anilines is 1. The number of nitrogens with one attached hydrogen (secondary N) is 1. The van der Waals surface area contributed by atoms with Crippen LogP contribution in [0.4, 0.5) is 5.69 Å². The molecule has 1 aromatic carbocycles. The minimum atomic E-state index is -0.430. The lowest BCUT2D eigenvalue weighted by Crippen LogP contribution is -2.15. The summed E-state index contributed by atoms with van der Waals surface area (Å²) in [6.07, 6.45) is 1.74. The van der Waals surface area contributed by atoms with Crippen LogP contribution in [0.25, 0.3) is 11.3 Å². The third kappa shape index (κ3) is 3.89. The number of benzene rings is 1. The molecule has 0 aliphatic carbocycles. The Morgan fingerprint density at radius 1 is 1.24 bits per heavy atom. The summed E-state index contributed by atoms with van der Waals surface area (Å²) in [6, 6.07) is 13.4. The van der Waals surface area contributed by atoms with E-state index in [1.165, 1.54) is 0 Å². The molecule has 2 rings (SSSR count). The predicted molar refractivity (Wildman–Crippen MR) is 83.0 cm³/mol. The summed E-state index contributed by atoms with van der Waals surface area (Å²) in [4.78, 5) is 15.8. The Morgan fingerprint density at radius 2 is 2.00 bits per heavy atom. The quantitative estimate of drug-likeness (QED) is 0.520. The van der Waals surface area contributed by atoms with Crippen LogP contribution in [0.2, 0.25) is 0 Å². The van der Waals surface area contributed by atoms with E-state index < -0.39 is 5.97 Å². The molecule has 5 heteroatoms. The van der Waals surface area contributed by atoms with E-state index in [1.54, 1.807) is 20.0 Å². The van der Waals surface area contributed by atoms with E-state index in [4.69, 9.17) is 4.74 Å². The number of carbonyl (C=O) groups excluding carboxylic acids is 1. The van der Waals surface area contributed by atoms with Crippen LogP contribution in [0.3, 0.4) is 0 Å². The molecular formula is C16H17N3O2. The molecular weight excluding hydrogens is 266 g/mol. The van der Waals surface area contributed by atoms with Gasteiger partial charge in [-0.2, -0.15) is 5.10 Å². The zero-order chi connectivity index (χ0) is 15.1. The number of rotatable bonds is 5. The molecule has 1 N–H and O–H groups in total. The number of aromatic nitrogens is 1. The summed E-state index contributed by atoms with van der Waals surface area (Å²) in [6.45, 7) is 3.69. The third-order valence-electron chi connectivity index (χ3n) is 2.78. The van der Waals surface area contributed by atoms with Gasteiger partial charge in [0.1, 0.15) is 5.71 Å². The number of carbonyl (C=O) groups is 1. The predicted octanol–water partition coefficient (Wildman–Crippen LogP) is 3.10. The summed E-state index contributed by atoms with van der Waals surface area (Å²) in [5.41, 5.74) is 5.70. The van der Waals surface area contributed by atoms with Gasteiger partial charge in [-0.25, -0.2) is 4.79 Å². The van der Waals surface area contributed by atoms with E-state index in [1.807, 2.05) is 42.5 Å². The molecule has 0 amide bonds. The molecule has 108 valence electrons. The Labute approximate surface area is 123 Å². The number of para-hydroxylation sites is 1. The average molecular weight is 283 g/mol. The van der Waals surface area contributed by atoms with Crippen LogP contribution in [-0.4, -0.2) is 23.3 Å². The maximum absolute atomic E-state index is 11.5. The van der Waals surface area contributed by atoms with Crippen molar-refractivity contribution in [1.29, 1.82) is 0 Å². The van der Waals surface area contributed by atoms with Crippen LogP contribution in [0.15, 0.2) is 53.8 Å². The van der Waals surface area contributed by atoms with Gasteiger partial charge in [0.15, 0.2) is 0 Å². The van der Waals surface area contributed by atoms with Gasteiger partial charge in [-0.1, -0.05) is 24.3 Å². The molecule has 0 atom stereocenters. The standard InChI is InChI=1S/C16H17N3O2/c1-3-21-16(20)12(2)18-19-15-10-5-4-8-13(15)14-9-6-7-11-17-14/h4-11,19H,3H2,1-2H3/b18-12+. The number of hydrogen-bond donors (Lipinski definition) is 1. The van der Waals surface area contributed by atoms with Gasteiger partial charge in [0, 0.05) is 11.8 Å². The number of hydrogen-bond acceptors (Lipinski definition) is 5. The van der Waals surface area contributed by atoms with Crippen molar-refractivity contribution in [3.63, 3.8) is 0 Å². The highest BCUT2D eigenvalue weighted by atomic mass is 16.5. The molecule has 0 saturated carbocycles. The van der Waals surface area contributed by atoms with Crippen molar-refractivity contribution in [2.75, 3.05) is 12.0 Å². The molecule has 0 bridgehead atoms. The Hall–Kier alpha value is -2.69. The van der Waals surface area contributed by atoms with Crippen LogP contribution in [-0.2, 0) is 9.53 Å². The maximum atomic E-state index is 11.5. The summed E-state index contributed by atoms with van der Waals surface area (Å²) in [5, 5.41) is 4.06. The minimum absolute atomic E-state index is 0.271. The largest absolute Gasteiger partial charge is 0.461 e. The molecule has 1 aromatic heterocycles. The van der Waals surface area contributed by atoms with E-state index in [0.717, 1.165) is 16.9 Å². The van der Waals surface area contributed by atoms with Gasteiger partial charge in [0.25, 0.3) is 0 Å². The van der Waals surface area contributed by atoms with Crippen molar-refractivity contribution < 1.29 is 9.53 Å². The minimum Gasteiger partial charge on any atom is -0.461 e. The normalized spacial score (nSPS) is 11.0. The SMILES string of the molecule is CCOC(=O)/C(C)=N/Nc1ccccc1-c1ccccn1. The fraction of sp³-hybridized carbons (Fsp3) is 0.188. The fourth-order valence-electron chi connectivity index (χ4n) is 1.75. The Balaban J connectivity index is 2.22. The number of pyridine rings is 1. The van der Waals surface area contributed by atoms with Crippen molar-refractivity contribution in [1.82, 2.24) is 4.98 Å². The van der Waals surface area contributed by atoms with Gasteiger partial charge in [0.2, 0.25) is 0 Å². The molecule has 0 saturated heterocycles. The van der Waals surface area contributed by atoms with E-state index >= 15 is 0 Å². The van der Waals surface area contributed by atoms with Crippen molar-refractivity contribution in [3.05, 3.63) is 48.7 Å². The summed E-state index contributed by atoms with van der Waals surface area (Å²) < 4.78 is 4.88. The zero-order valence-electron chi connectivity index (χ0n) is 12.0. The van der Waals surface area contributed by atoms with Crippen molar-refractivity contribution in [2.45, 2.75) is 13.8 Å². The molecule has 1 heterocycles. The maximum Gasteiger partial charge on any atom is 0.354 e. The lowest BCUT2D eigenvalue weighted by molar-refractivity contribution is -0.135. The molecule has 0 aliphatic heterocycles. The number of nitrogens with zero attached hydrogens (tertiary/aromatic N) is 2. The summed E-state index contributed by atoms with van der Waals surface area (Å²) >= 11 is 0. The highest BCUT2D eigenvalue weighted by molar-refractivity contribution is 6.35. The second-order valence-electron chi connectivity index (χ2n) is 4.29. The lowest BCUT2D eigenvalue weighted by Gasteiger charge is -2.08. The Kier molecular flexibility index (Phi) is 5.04. The van der Waals surface area contributed by atoms with Crippen LogP contribution >= 0.6 is 0 Å². The second kappa shape index (κ2) is 7.19. The Bertz CT molecular complexity index is 639. The van der Waals surface area contributed by atoms with Gasteiger partial charge < -0.3 is 4.74 Å². The lowest BCUT2D eigenvalue weighted by atomic mass is 10.1. The second-order valence-corrected chi connectivity index (χ2v) is 4.29. The number of esters is 1. The summed E-state index contributed by atoms with van der Waals surface area (Å²) in [7, 11) is 0. The van der Waals surface area contributed by atoms with E-state index in [2.05, 4.69) is 15.5 Å². The van der Waals surface area contributed by atoms with Gasteiger partial charge in [-0.15, -0.1) is 0 Å². The molecule has 0 fully saturated rings. The zero-order valence-corrected chi connectivity index (χ0v) is 12.0. The number of ether oxygens (including phenoxy) is 1.